The van der Waals surface area contributed by atoms with Gasteiger partial charge >= 0.3 is 0 Å². The fourth-order valence-corrected chi connectivity index (χ4v) is 4.33. The van der Waals surface area contributed by atoms with Crippen LogP contribution in [0.3, 0.4) is 0 Å². The first-order valence-electron chi connectivity index (χ1n) is 6.31. The van der Waals surface area contributed by atoms with E-state index in [2.05, 4.69) is 18.2 Å². The molecule has 1 aromatic carbocycles. The van der Waals surface area contributed by atoms with Crippen LogP contribution < -0.4 is 5.73 Å². The molecule has 0 saturated heterocycles. The fourth-order valence-electron chi connectivity index (χ4n) is 2.48. The van der Waals surface area contributed by atoms with E-state index in [0.717, 1.165) is 36.1 Å². The van der Waals surface area contributed by atoms with Crippen molar-refractivity contribution in [2.75, 3.05) is 0 Å². The standard InChI is InChI=1S/C14H21NOS/c1-10-6-7-11(2)14(8-10)17(16)13-5-3-4-12(15)9-13/h6-8,12-13H,3-5,9,15H2,1-2H3. The summed E-state index contributed by atoms with van der Waals surface area (Å²) in [5.74, 6) is 0. The Hall–Kier alpha value is -0.670. The van der Waals surface area contributed by atoms with Gasteiger partial charge < -0.3 is 5.73 Å². The maximum atomic E-state index is 12.6. The minimum atomic E-state index is -0.892. The first kappa shape index (κ1) is 12.8. The van der Waals surface area contributed by atoms with Crippen molar-refractivity contribution in [1.82, 2.24) is 0 Å². The van der Waals surface area contributed by atoms with Crippen molar-refractivity contribution in [2.45, 2.75) is 55.7 Å². The van der Waals surface area contributed by atoms with Crippen molar-refractivity contribution in [3.8, 4) is 0 Å². The van der Waals surface area contributed by atoms with Crippen molar-refractivity contribution in [2.24, 2.45) is 5.73 Å². The van der Waals surface area contributed by atoms with Gasteiger partial charge in [-0.3, -0.25) is 4.21 Å². The smallest absolute Gasteiger partial charge is 0.0564 e. The van der Waals surface area contributed by atoms with Crippen LogP contribution in [0.2, 0.25) is 0 Å². The van der Waals surface area contributed by atoms with Gasteiger partial charge in [-0.2, -0.15) is 0 Å². The third kappa shape index (κ3) is 2.96. The highest BCUT2D eigenvalue weighted by Gasteiger charge is 2.25. The Kier molecular flexibility index (Phi) is 4.00. The summed E-state index contributed by atoms with van der Waals surface area (Å²) >= 11 is 0. The van der Waals surface area contributed by atoms with E-state index in [1.165, 1.54) is 5.56 Å². The third-order valence-corrected chi connectivity index (χ3v) is 5.44. The second-order valence-corrected chi connectivity index (χ2v) is 6.82. The first-order chi connectivity index (χ1) is 8.08. The van der Waals surface area contributed by atoms with Gasteiger partial charge in [0.1, 0.15) is 0 Å². The molecule has 17 heavy (non-hydrogen) atoms. The van der Waals surface area contributed by atoms with Crippen LogP contribution in [-0.4, -0.2) is 15.5 Å². The molecule has 3 unspecified atom stereocenters. The second kappa shape index (κ2) is 5.32. The van der Waals surface area contributed by atoms with E-state index < -0.39 is 10.8 Å². The van der Waals surface area contributed by atoms with Crippen LogP contribution in [0.1, 0.15) is 36.8 Å². The lowest BCUT2D eigenvalue weighted by molar-refractivity contribution is 0.444. The van der Waals surface area contributed by atoms with Crippen LogP contribution in [-0.2, 0) is 10.8 Å². The second-order valence-electron chi connectivity index (χ2n) is 5.12. The normalized spacial score (nSPS) is 26.8. The Labute approximate surface area is 106 Å². The van der Waals surface area contributed by atoms with Crippen molar-refractivity contribution in [3.63, 3.8) is 0 Å². The van der Waals surface area contributed by atoms with Gasteiger partial charge in [-0.1, -0.05) is 18.6 Å². The Morgan fingerprint density at radius 1 is 1.29 bits per heavy atom. The molecule has 1 aliphatic rings. The molecule has 2 rings (SSSR count). The highest BCUT2D eigenvalue weighted by Crippen LogP contribution is 2.27. The highest BCUT2D eigenvalue weighted by molar-refractivity contribution is 7.85. The van der Waals surface area contributed by atoms with Crippen molar-refractivity contribution in [1.29, 1.82) is 0 Å². The summed E-state index contributed by atoms with van der Waals surface area (Å²) in [4.78, 5) is 1.00. The molecular weight excluding hydrogens is 230 g/mol. The number of hydrogen-bond donors (Lipinski definition) is 1. The lowest BCUT2D eigenvalue weighted by atomic mass is 9.96. The monoisotopic (exact) mass is 251 g/mol. The van der Waals surface area contributed by atoms with Gasteiger partial charge in [0.2, 0.25) is 0 Å². The van der Waals surface area contributed by atoms with E-state index in [-0.39, 0.29) is 11.3 Å². The summed E-state index contributed by atoms with van der Waals surface area (Å²) < 4.78 is 12.6. The van der Waals surface area contributed by atoms with E-state index in [1.54, 1.807) is 0 Å². The van der Waals surface area contributed by atoms with Gasteiger partial charge in [-0.15, -0.1) is 0 Å². The lowest BCUT2D eigenvalue weighted by Gasteiger charge is -2.26. The summed E-state index contributed by atoms with van der Waals surface area (Å²) in [6.45, 7) is 4.09. The zero-order chi connectivity index (χ0) is 12.4. The summed E-state index contributed by atoms with van der Waals surface area (Å²) in [5, 5.41) is 0.249. The average Bonchev–Trinajstić information content (AvgIpc) is 2.31. The minimum Gasteiger partial charge on any atom is -0.328 e. The molecule has 1 aliphatic carbocycles. The molecule has 0 radical (unpaired) electrons. The van der Waals surface area contributed by atoms with E-state index >= 15 is 0 Å². The van der Waals surface area contributed by atoms with Crippen molar-refractivity contribution < 1.29 is 4.21 Å². The zero-order valence-corrected chi connectivity index (χ0v) is 11.4. The zero-order valence-electron chi connectivity index (χ0n) is 10.6. The summed E-state index contributed by atoms with van der Waals surface area (Å²) in [5.41, 5.74) is 8.29. The van der Waals surface area contributed by atoms with Crippen LogP contribution >= 0.6 is 0 Å². The van der Waals surface area contributed by atoms with Crippen LogP contribution in [0.5, 0.6) is 0 Å². The molecule has 0 bridgehead atoms. The maximum Gasteiger partial charge on any atom is 0.0564 e. The molecule has 0 spiro atoms. The molecule has 2 N–H and O–H groups in total. The summed E-state index contributed by atoms with van der Waals surface area (Å²) in [6, 6.07) is 6.43. The Balaban J connectivity index is 2.21. The predicted octanol–water partition coefficient (Wildman–Crippen LogP) is 2.68. The minimum absolute atomic E-state index is 0.239. The third-order valence-electron chi connectivity index (χ3n) is 3.53. The van der Waals surface area contributed by atoms with Gasteiger partial charge in [0.15, 0.2) is 0 Å². The van der Waals surface area contributed by atoms with Gasteiger partial charge in [0.25, 0.3) is 0 Å². The molecule has 0 amide bonds. The number of benzene rings is 1. The molecule has 3 heteroatoms. The molecule has 0 heterocycles. The van der Waals surface area contributed by atoms with E-state index in [0.29, 0.717) is 0 Å². The largest absolute Gasteiger partial charge is 0.328 e. The number of nitrogens with two attached hydrogens (primary N) is 1. The molecular formula is C14H21NOS. The number of rotatable bonds is 2. The maximum absolute atomic E-state index is 12.6. The fraction of sp³-hybridized carbons (Fsp3) is 0.571. The van der Waals surface area contributed by atoms with Crippen LogP contribution in [0.25, 0.3) is 0 Å². The Bertz CT molecular complexity index is 430. The molecule has 3 atom stereocenters. The first-order valence-corrected chi connectivity index (χ1v) is 7.52. The number of aryl methyl sites for hydroxylation is 2. The van der Waals surface area contributed by atoms with Crippen LogP contribution in [0.4, 0.5) is 0 Å². The highest BCUT2D eigenvalue weighted by atomic mass is 32.2. The van der Waals surface area contributed by atoms with Crippen LogP contribution in [0.15, 0.2) is 23.1 Å². The SMILES string of the molecule is Cc1ccc(C)c(S(=O)C2CCCC(N)C2)c1. The van der Waals surface area contributed by atoms with E-state index in [4.69, 9.17) is 5.73 Å². The quantitative estimate of drug-likeness (QED) is 0.878. The molecule has 0 aromatic heterocycles. The molecule has 1 fully saturated rings. The molecule has 94 valence electrons. The van der Waals surface area contributed by atoms with Gasteiger partial charge in [0.05, 0.1) is 10.8 Å². The predicted molar refractivity (Wildman–Crippen MR) is 72.6 cm³/mol. The Morgan fingerprint density at radius 3 is 2.76 bits per heavy atom. The van der Waals surface area contributed by atoms with E-state index in [9.17, 15) is 4.21 Å². The lowest BCUT2D eigenvalue weighted by Crippen LogP contribution is -2.33. The summed E-state index contributed by atoms with van der Waals surface area (Å²) in [6.07, 6.45) is 4.15. The molecule has 1 saturated carbocycles. The van der Waals surface area contributed by atoms with E-state index in [1.807, 2.05) is 13.8 Å². The number of hydrogen-bond acceptors (Lipinski definition) is 2. The Morgan fingerprint density at radius 2 is 2.06 bits per heavy atom. The molecule has 2 nitrogen and oxygen atoms in total. The topological polar surface area (TPSA) is 43.1 Å². The van der Waals surface area contributed by atoms with Gasteiger partial charge in [-0.05, 0) is 50.3 Å². The van der Waals surface area contributed by atoms with Gasteiger partial charge in [0, 0.05) is 16.2 Å². The van der Waals surface area contributed by atoms with Crippen LogP contribution in [0, 0.1) is 13.8 Å². The average molecular weight is 251 g/mol. The summed E-state index contributed by atoms with van der Waals surface area (Å²) in [7, 11) is -0.892. The van der Waals surface area contributed by atoms with Gasteiger partial charge in [-0.25, -0.2) is 0 Å². The molecule has 1 aromatic rings. The van der Waals surface area contributed by atoms with Crippen molar-refractivity contribution >= 4 is 10.8 Å². The molecule has 0 aliphatic heterocycles. The van der Waals surface area contributed by atoms with Crippen molar-refractivity contribution in [3.05, 3.63) is 29.3 Å².